The van der Waals surface area contributed by atoms with Crippen LogP contribution in [-0.4, -0.2) is 25.8 Å². The number of rotatable bonds is 4. The van der Waals surface area contributed by atoms with Crippen LogP contribution in [0.25, 0.3) is 0 Å². The monoisotopic (exact) mass is 347 g/mol. The number of nitrogens with zero attached hydrogens (tertiary/aromatic N) is 5. The Kier molecular flexibility index (Phi) is 4.89. The van der Waals surface area contributed by atoms with Gasteiger partial charge in [-0.1, -0.05) is 6.07 Å². The zero-order chi connectivity index (χ0) is 18.8. The molecule has 0 saturated carbocycles. The summed E-state index contributed by atoms with van der Waals surface area (Å²) in [5, 5.41) is 9.44. The Morgan fingerprint density at radius 1 is 0.654 bits per heavy atom. The zero-order valence-electron chi connectivity index (χ0n) is 16.3. The molecule has 3 aromatic rings. The van der Waals surface area contributed by atoms with Crippen molar-refractivity contribution < 1.29 is 0 Å². The van der Waals surface area contributed by atoms with Gasteiger partial charge in [0, 0.05) is 22.8 Å². The van der Waals surface area contributed by atoms with Crippen LogP contribution in [0.1, 0.15) is 48.0 Å². The average molecular weight is 347 g/mol. The first-order valence-electron chi connectivity index (χ1n) is 8.75. The molecule has 0 amide bonds. The number of aromatic nitrogens is 3. The van der Waals surface area contributed by atoms with Crippen LogP contribution in [0.3, 0.4) is 0 Å². The number of hydrogen-bond acceptors (Lipinski definition) is 3. The fourth-order valence-electron chi connectivity index (χ4n) is 2.88. The first kappa shape index (κ1) is 17.9. The van der Waals surface area contributed by atoms with Crippen molar-refractivity contribution in [2.45, 2.75) is 41.5 Å². The minimum Gasteiger partial charge on any atom is -0.245 e. The smallest absolute Gasteiger partial charge is 0.0867 e. The molecule has 0 spiro atoms. The maximum atomic E-state index is 4.76. The van der Waals surface area contributed by atoms with Gasteiger partial charge in [-0.15, -0.1) is 0 Å². The van der Waals surface area contributed by atoms with Crippen molar-refractivity contribution >= 4 is 11.4 Å². The molecule has 0 aliphatic heterocycles. The van der Waals surface area contributed by atoms with E-state index in [1.165, 1.54) is 0 Å². The minimum absolute atomic E-state index is 0.852. The molecule has 0 atom stereocenters. The molecule has 26 heavy (non-hydrogen) atoms. The predicted molar refractivity (Wildman–Crippen MR) is 107 cm³/mol. The van der Waals surface area contributed by atoms with Gasteiger partial charge in [0.2, 0.25) is 0 Å². The second-order valence-electron chi connectivity index (χ2n) is 6.63. The predicted octanol–water partition coefficient (Wildman–Crippen LogP) is 4.46. The van der Waals surface area contributed by atoms with E-state index in [0.29, 0.717) is 0 Å². The van der Waals surface area contributed by atoms with E-state index in [9.17, 15) is 0 Å². The van der Waals surface area contributed by atoms with Crippen LogP contribution in [-0.2, 0) is 0 Å². The molecule has 0 aliphatic rings. The summed E-state index contributed by atoms with van der Waals surface area (Å²) in [6.45, 7) is 12.2. The Morgan fingerprint density at radius 3 is 1.35 bits per heavy atom. The normalized spacial score (nSPS) is 12.7. The molecule has 0 bridgehead atoms. The molecular formula is C21H25N5. The van der Waals surface area contributed by atoms with Gasteiger partial charge in [0.05, 0.1) is 22.8 Å². The summed E-state index contributed by atoms with van der Waals surface area (Å²) < 4.78 is 3.88. The van der Waals surface area contributed by atoms with Gasteiger partial charge in [-0.25, -0.2) is 14.3 Å². The average Bonchev–Trinajstić information content (AvgIpc) is 3.11. The fraction of sp³-hybridized carbons (Fsp3) is 0.286. The van der Waals surface area contributed by atoms with Crippen molar-refractivity contribution in [3.05, 3.63) is 76.6 Å². The van der Waals surface area contributed by atoms with Gasteiger partial charge in [0.15, 0.2) is 0 Å². The molecule has 0 unspecified atom stereocenters. The van der Waals surface area contributed by atoms with Gasteiger partial charge in [-0.3, -0.25) is 0 Å². The van der Waals surface area contributed by atoms with Crippen molar-refractivity contribution in [1.29, 1.82) is 0 Å². The molecule has 0 saturated heterocycles. The Bertz CT molecular complexity index is 885. The summed E-state index contributed by atoms with van der Waals surface area (Å²) in [5.74, 6) is 0. The van der Waals surface area contributed by atoms with Gasteiger partial charge in [0.1, 0.15) is 0 Å². The summed E-state index contributed by atoms with van der Waals surface area (Å²) in [6.07, 6.45) is 0. The van der Waals surface area contributed by atoms with E-state index in [1.54, 1.807) is 0 Å². The van der Waals surface area contributed by atoms with Gasteiger partial charge < -0.3 is 0 Å². The van der Waals surface area contributed by atoms with Crippen LogP contribution in [0.5, 0.6) is 0 Å². The van der Waals surface area contributed by atoms with E-state index < -0.39 is 0 Å². The molecule has 3 rings (SSSR count). The minimum atomic E-state index is 0.852. The summed E-state index contributed by atoms with van der Waals surface area (Å²) >= 11 is 0. The molecule has 0 aliphatic carbocycles. The molecule has 5 nitrogen and oxygen atoms in total. The lowest BCUT2D eigenvalue weighted by Crippen LogP contribution is -2.09. The fourth-order valence-corrected chi connectivity index (χ4v) is 2.88. The maximum absolute atomic E-state index is 4.76. The first-order chi connectivity index (χ1) is 12.4. The van der Waals surface area contributed by atoms with Crippen LogP contribution >= 0.6 is 0 Å². The van der Waals surface area contributed by atoms with Crippen molar-refractivity contribution in [2.75, 3.05) is 0 Å². The van der Waals surface area contributed by atoms with Gasteiger partial charge >= 0.3 is 0 Å². The molecule has 134 valence electrons. The third-order valence-electron chi connectivity index (χ3n) is 4.46. The van der Waals surface area contributed by atoms with Gasteiger partial charge in [-0.05, 0) is 77.9 Å². The molecule has 0 N–H and O–H groups in total. The molecule has 3 heterocycles. The molecule has 0 aromatic carbocycles. The van der Waals surface area contributed by atoms with Crippen molar-refractivity contribution in [3.8, 4) is 0 Å². The maximum Gasteiger partial charge on any atom is 0.0867 e. The standard InChI is InChI=1S/C21H25N5/c1-14-10-11-15(2)25(14)23-18(5)20-8-7-9-21(22-20)19(6)24-26-16(3)12-13-17(26)4/h7-13H,1-6H3. The Hall–Kier alpha value is -2.95. The SMILES string of the molecule is CC(=Nn1c(C)ccc1C)c1cccc(C(C)=Nn2c(C)ccc2C)n1. The largest absolute Gasteiger partial charge is 0.245 e. The van der Waals surface area contributed by atoms with E-state index >= 15 is 0 Å². The second-order valence-corrected chi connectivity index (χ2v) is 6.63. The Balaban J connectivity index is 1.96. The summed E-state index contributed by atoms with van der Waals surface area (Å²) in [7, 11) is 0. The van der Waals surface area contributed by atoms with Crippen molar-refractivity contribution in [1.82, 2.24) is 14.3 Å². The molecule has 3 aromatic heterocycles. The van der Waals surface area contributed by atoms with Crippen molar-refractivity contribution in [3.63, 3.8) is 0 Å². The molecule has 0 fully saturated rings. The molecule has 5 heteroatoms. The van der Waals surface area contributed by atoms with Crippen LogP contribution in [0, 0.1) is 27.7 Å². The van der Waals surface area contributed by atoms with Crippen LogP contribution in [0.15, 0.2) is 52.7 Å². The second kappa shape index (κ2) is 7.12. The van der Waals surface area contributed by atoms with E-state index in [0.717, 1.165) is 45.6 Å². The topological polar surface area (TPSA) is 47.5 Å². The highest BCUT2D eigenvalue weighted by atomic mass is 15.4. The van der Waals surface area contributed by atoms with E-state index in [-0.39, 0.29) is 0 Å². The Labute approximate surface area is 154 Å². The third-order valence-corrected chi connectivity index (χ3v) is 4.46. The van der Waals surface area contributed by atoms with E-state index in [1.807, 2.05) is 69.1 Å². The summed E-state index contributed by atoms with van der Waals surface area (Å²) in [5.41, 5.74) is 7.87. The summed E-state index contributed by atoms with van der Waals surface area (Å²) in [6, 6.07) is 14.2. The zero-order valence-corrected chi connectivity index (χ0v) is 16.3. The van der Waals surface area contributed by atoms with E-state index in [2.05, 4.69) is 24.3 Å². The molecular weight excluding hydrogens is 322 g/mol. The molecule has 0 radical (unpaired) electrons. The van der Waals surface area contributed by atoms with Crippen LogP contribution in [0.4, 0.5) is 0 Å². The summed E-state index contributed by atoms with van der Waals surface area (Å²) in [4.78, 5) is 4.76. The van der Waals surface area contributed by atoms with Crippen LogP contribution < -0.4 is 0 Å². The van der Waals surface area contributed by atoms with Gasteiger partial charge in [-0.2, -0.15) is 10.2 Å². The Morgan fingerprint density at radius 2 is 1.00 bits per heavy atom. The lowest BCUT2D eigenvalue weighted by molar-refractivity contribution is 0.809. The highest BCUT2D eigenvalue weighted by molar-refractivity contribution is 6.00. The highest BCUT2D eigenvalue weighted by Crippen LogP contribution is 2.11. The lowest BCUT2D eigenvalue weighted by atomic mass is 10.2. The van der Waals surface area contributed by atoms with Crippen LogP contribution in [0.2, 0.25) is 0 Å². The third kappa shape index (κ3) is 3.52. The number of hydrogen-bond donors (Lipinski definition) is 0. The highest BCUT2D eigenvalue weighted by Gasteiger charge is 2.07. The quantitative estimate of drug-likeness (QED) is 0.643. The van der Waals surface area contributed by atoms with Gasteiger partial charge in [0.25, 0.3) is 0 Å². The van der Waals surface area contributed by atoms with Crippen molar-refractivity contribution in [2.24, 2.45) is 10.2 Å². The lowest BCUT2D eigenvalue weighted by Gasteiger charge is -2.08. The first-order valence-corrected chi connectivity index (χ1v) is 8.75. The number of pyridine rings is 1. The number of aryl methyl sites for hydroxylation is 4. The van der Waals surface area contributed by atoms with E-state index in [4.69, 9.17) is 15.2 Å².